The Morgan fingerprint density at radius 1 is 1.44 bits per heavy atom. The van der Waals surface area contributed by atoms with E-state index in [9.17, 15) is 14.0 Å². The van der Waals surface area contributed by atoms with Crippen LogP contribution in [0.5, 0.6) is 0 Å². The minimum atomic E-state index is -0.951. The third kappa shape index (κ3) is 2.25. The van der Waals surface area contributed by atoms with Gasteiger partial charge in [0.2, 0.25) is 0 Å². The first kappa shape index (κ1) is 12.3. The zero-order chi connectivity index (χ0) is 13.3. The lowest BCUT2D eigenvalue weighted by molar-refractivity contribution is -0.136. The zero-order valence-electron chi connectivity index (χ0n) is 9.79. The molecule has 18 heavy (non-hydrogen) atoms. The average Bonchev–Trinajstić information content (AvgIpc) is 2.27. The van der Waals surface area contributed by atoms with Crippen LogP contribution in [0.15, 0.2) is 23.0 Å². The van der Waals surface area contributed by atoms with Crippen molar-refractivity contribution in [3.05, 3.63) is 45.5 Å². The number of carbonyl (C=O) groups is 1. The van der Waals surface area contributed by atoms with Crippen molar-refractivity contribution in [2.75, 3.05) is 0 Å². The molecule has 0 fully saturated rings. The van der Waals surface area contributed by atoms with Gasteiger partial charge in [0, 0.05) is 23.1 Å². The van der Waals surface area contributed by atoms with Gasteiger partial charge in [0.25, 0.3) is 0 Å². The summed E-state index contributed by atoms with van der Waals surface area (Å²) in [6.07, 6.45) is 0.0699. The fourth-order valence-corrected chi connectivity index (χ4v) is 1.96. The molecular weight excluding hydrogens is 237 g/mol. The SMILES string of the molecule is Cc1[nH]c2cc(F)ccc2c(=O)c1CCC(=O)O. The molecule has 94 valence electrons. The number of rotatable bonds is 3. The fraction of sp³-hybridized carbons (Fsp3) is 0.231. The maximum absolute atomic E-state index is 13.1. The van der Waals surface area contributed by atoms with Gasteiger partial charge in [-0.2, -0.15) is 0 Å². The van der Waals surface area contributed by atoms with Crippen molar-refractivity contribution in [1.82, 2.24) is 4.98 Å². The number of aromatic nitrogens is 1. The van der Waals surface area contributed by atoms with E-state index in [1.54, 1.807) is 6.92 Å². The quantitative estimate of drug-likeness (QED) is 0.873. The van der Waals surface area contributed by atoms with Crippen molar-refractivity contribution in [3.8, 4) is 0 Å². The second-order valence-corrected chi connectivity index (χ2v) is 4.14. The number of H-pyrrole nitrogens is 1. The topological polar surface area (TPSA) is 70.2 Å². The van der Waals surface area contributed by atoms with E-state index in [1.165, 1.54) is 18.2 Å². The summed E-state index contributed by atoms with van der Waals surface area (Å²) in [6, 6.07) is 3.88. The predicted octanol–water partition coefficient (Wildman–Crippen LogP) is 1.99. The summed E-state index contributed by atoms with van der Waals surface area (Å²) in [4.78, 5) is 25.6. The lowest BCUT2D eigenvalue weighted by atomic mass is 10.0. The van der Waals surface area contributed by atoms with E-state index in [0.717, 1.165) is 0 Å². The van der Waals surface area contributed by atoms with E-state index >= 15 is 0 Å². The van der Waals surface area contributed by atoms with Crippen molar-refractivity contribution in [3.63, 3.8) is 0 Å². The molecule has 0 atom stereocenters. The van der Waals surface area contributed by atoms with E-state index in [0.29, 0.717) is 22.2 Å². The van der Waals surface area contributed by atoms with E-state index in [1.807, 2.05) is 0 Å². The highest BCUT2D eigenvalue weighted by atomic mass is 19.1. The normalized spacial score (nSPS) is 10.8. The number of aromatic amines is 1. The molecule has 0 radical (unpaired) electrons. The Hall–Kier alpha value is -2.17. The monoisotopic (exact) mass is 249 g/mol. The number of aryl methyl sites for hydroxylation is 1. The van der Waals surface area contributed by atoms with Crippen LogP contribution in [0.4, 0.5) is 4.39 Å². The van der Waals surface area contributed by atoms with Crippen LogP contribution in [-0.2, 0) is 11.2 Å². The van der Waals surface area contributed by atoms with E-state index in [4.69, 9.17) is 5.11 Å². The lowest BCUT2D eigenvalue weighted by Crippen LogP contribution is -2.15. The molecule has 0 bridgehead atoms. The summed E-state index contributed by atoms with van der Waals surface area (Å²) in [5.41, 5.74) is 1.22. The highest BCUT2D eigenvalue weighted by Crippen LogP contribution is 2.13. The molecule has 2 rings (SSSR count). The largest absolute Gasteiger partial charge is 0.481 e. The van der Waals surface area contributed by atoms with E-state index in [2.05, 4.69) is 4.98 Å². The Balaban J connectivity index is 2.58. The molecule has 1 aromatic carbocycles. The maximum atomic E-state index is 13.1. The molecular formula is C13H12FNO3. The number of halogens is 1. The summed E-state index contributed by atoms with van der Waals surface area (Å²) in [6.45, 7) is 1.68. The molecule has 0 aliphatic heterocycles. The Morgan fingerprint density at radius 3 is 2.83 bits per heavy atom. The van der Waals surface area contributed by atoms with Crippen LogP contribution in [0.25, 0.3) is 10.9 Å². The van der Waals surface area contributed by atoms with Gasteiger partial charge >= 0.3 is 5.97 Å². The highest BCUT2D eigenvalue weighted by molar-refractivity contribution is 5.79. The molecule has 2 aromatic rings. The van der Waals surface area contributed by atoms with Gasteiger partial charge in [-0.1, -0.05) is 0 Å². The number of hydrogen-bond donors (Lipinski definition) is 2. The average molecular weight is 249 g/mol. The second-order valence-electron chi connectivity index (χ2n) is 4.14. The van der Waals surface area contributed by atoms with Gasteiger partial charge in [0.15, 0.2) is 5.43 Å². The van der Waals surface area contributed by atoms with Crippen LogP contribution in [0.2, 0.25) is 0 Å². The minimum Gasteiger partial charge on any atom is -0.481 e. The van der Waals surface area contributed by atoms with Gasteiger partial charge in [-0.3, -0.25) is 9.59 Å². The highest BCUT2D eigenvalue weighted by Gasteiger charge is 2.11. The van der Waals surface area contributed by atoms with Gasteiger partial charge in [-0.25, -0.2) is 4.39 Å². The van der Waals surface area contributed by atoms with Gasteiger partial charge in [-0.15, -0.1) is 0 Å². The molecule has 0 saturated heterocycles. The van der Waals surface area contributed by atoms with Crippen molar-refractivity contribution in [2.45, 2.75) is 19.8 Å². The molecule has 2 N–H and O–H groups in total. The summed E-state index contributed by atoms with van der Waals surface area (Å²) in [5, 5.41) is 9.02. The Labute approximate surface area is 102 Å². The lowest BCUT2D eigenvalue weighted by Gasteiger charge is -2.07. The predicted molar refractivity (Wildman–Crippen MR) is 65.2 cm³/mol. The minimum absolute atomic E-state index is 0.101. The molecule has 0 spiro atoms. The molecule has 5 heteroatoms. The Kier molecular flexibility index (Phi) is 3.14. The number of aliphatic carboxylic acids is 1. The second kappa shape index (κ2) is 4.60. The third-order valence-electron chi connectivity index (χ3n) is 2.86. The van der Waals surface area contributed by atoms with Crippen molar-refractivity contribution >= 4 is 16.9 Å². The molecule has 1 aromatic heterocycles. The summed E-state index contributed by atoms with van der Waals surface area (Å²) < 4.78 is 13.1. The zero-order valence-corrected chi connectivity index (χ0v) is 9.79. The Morgan fingerprint density at radius 2 is 2.17 bits per heavy atom. The molecule has 4 nitrogen and oxygen atoms in total. The van der Waals surface area contributed by atoms with Crippen LogP contribution in [0.3, 0.4) is 0 Å². The summed E-state index contributed by atoms with van der Waals surface area (Å²) in [7, 11) is 0. The smallest absolute Gasteiger partial charge is 0.303 e. The fourth-order valence-electron chi connectivity index (χ4n) is 1.96. The number of nitrogens with one attached hydrogen (secondary N) is 1. The van der Waals surface area contributed by atoms with Crippen molar-refractivity contribution in [1.29, 1.82) is 0 Å². The standard InChI is InChI=1S/C13H12FNO3/c1-7-9(4-5-12(16)17)13(18)10-3-2-8(14)6-11(10)15-7/h2-3,6H,4-5H2,1H3,(H,15,18)(H,16,17). The van der Waals surface area contributed by atoms with Crippen LogP contribution >= 0.6 is 0 Å². The van der Waals surface area contributed by atoms with E-state index < -0.39 is 11.8 Å². The molecule has 0 unspecified atom stereocenters. The maximum Gasteiger partial charge on any atom is 0.303 e. The summed E-state index contributed by atoms with van der Waals surface area (Å²) in [5.74, 6) is -1.37. The van der Waals surface area contributed by atoms with Crippen LogP contribution in [0, 0.1) is 12.7 Å². The van der Waals surface area contributed by atoms with Gasteiger partial charge in [0.05, 0.1) is 5.52 Å². The van der Waals surface area contributed by atoms with Crippen LogP contribution in [-0.4, -0.2) is 16.1 Å². The van der Waals surface area contributed by atoms with E-state index in [-0.39, 0.29) is 18.3 Å². The molecule has 0 amide bonds. The number of benzene rings is 1. The molecule has 1 heterocycles. The number of hydrogen-bond acceptors (Lipinski definition) is 2. The van der Waals surface area contributed by atoms with Gasteiger partial charge < -0.3 is 10.1 Å². The number of carboxylic acids is 1. The number of pyridine rings is 1. The Bertz CT molecular complexity index is 676. The third-order valence-corrected chi connectivity index (χ3v) is 2.86. The molecule has 0 aliphatic carbocycles. The number of carboxylic acid groups (broad SMARTS) is 1. The molecule has 0 aliphatic rings. The summed E-state index contributed by atoms with van der Waals surface area (Å²) >= 11 is 0. The van der Waals surface area contributed by atoms with Gasteiger partial charge in [-0.05, 0) is 31.5 Å². The first-order chi connectivity index (χ1) is 8.49. The van der Waals surface area contributed by atoms with Crippen molar-refractivity contribution < 1.29 is 14.3 Å². The van der Waals surface area contributed by atoms with Crippen LogP contribution < -0.4 is 5.43 Å². The first-order valence-electron chi connectivity index (χ1n) is 5.52. The first-order valence-corrected chi connectivity index (χ1v) is 5.52. The van der Waals surface area contributed by atoms with Crippen molar-refractivity contribution in [2.24, 2.45) is 0 Å². The molecule has 0 saturated carbocycles. The van der Waals surface area contributed by atoms with Crippen LogP contribution in [0.1, 0.15) is 17.7 Å². The number of fused-ring (bicyclic) bond motifs is 1. The van der Waals surface area contributed by atoms with Gasteiger partial charge in [0.1, 0.15) is 5.82 Å².